The van der Waals surface area contributed by atoms with Crippen LogP contribution in [0.2, 0.25) is 6.82 Å². The van der Waals surface area contributed by atoms with E-state index in [1.165, 1.54) is 27.3 Å². The van der Waals surface area contributed by atoms with Gasteiger partial charge in [0.05, 0.1) is 16.9 Å². The second-order valence-corrected chi connectivity index (χ2v) is 9.63. The maximum Gasteiger partial charge on any atom is 0.160 e. The van der Waals surface area contributed by atoms with Crippen LogP contribution in [0.4, 0.5) is 0 Å². The third-order valence-corrected chi connectivity index (χ3v) is 7.29. The van der Waals surface area contributed by atoms with E-state index in [1.54, 1.807) is 0 Å². The van der Waals surface area contributed by atoms with E-state index in [4.69, 9.17) is 9.97 Å². The highest BCUT2D eigenvalue weighted by Gasteiger charge is 2.15. The fourth-order valence-electron chi connectivity index (χ4n) is 5.40. The Bertz CT molecular complexity index is 1870. The van der Waals surface area contributed by atoms with Crippen molar-refractivity contribution in [3.63, 3.8) is 0 Å². The first kappa shape index (κ1) is 23.2. The maximum atomic E-state index is 5.00. The molecule has 0 saturated heterocycles. The summed E-state index contributed by atoms with van der Waals surface area (Å²) in [6.45, 7) is 2.10. The van der Waals surface area contributed by atoms with Gasteiger partial charge in [-0.25, -0.2) is 9.97 Å². The summed E-state index contributed by atoms with van der Waals surface area (Å²) in [4.78, 5) is 9.92. The monoisotopic (exact) mass is 498 g/mol. The zero-order valence-electron chi connectivity index (χ0n) is 21.6. The molecule has 0 fully saturated rings. The molecule has 183 valence electrons. The second kappa shape index (κ2) is 9.73. The third-order valence-electron chi connectivity index (χ3n) is 7.29. The third kappa shape index (κ3) is 4.11. The van der Waals surface area contributed by atoms with Crippen LogP contribution >= 0.6 is 0 Å². The molecule has 0 N–H and O–H groups in total. The van der Waals surface area contributed by atoms with Gasteiger partial charge in [-0.1, -0.05) is 121 Å². The molecule has 4 heteroatoms. The van der Waals surface area contributed by atoms with Gasteiger partial charge in [-0.15, -0.1) is 0 Å². The molecule has 7 aromatic rings. The van der Waals surface area contributed by atoms with E-state index in [9.17, 15) is 0 Å². The zero-order valence-corrected chi connectivity index (χ0v) is 21.6. The minimum absolute atomic E-state index is 0.724. The van der Waals surface area contributed by atoms with Crippen molar-refractivity contribution in [2.24, 2.45) is 0 Å². The number of fused-ring (bicyclic) bond motifs is 3. The average Bonchev–Trinajstić information content (AvgIpc) is 3.36. The lowest BCUT2D eigenvalue weighted by molar-refractivity contribution is 1.17. The highest BCUT2D eigenvalue weighted by atomic mass is 15.0. The van der Waals surface area contributed by atoms with Crippen molar-refractivity contribution in [1.82, 2.24) is 14.5 Å². The summed E-state index contributed by atoms with van der Waals surface area (Å²) in [7, 11) is 2.18. The Morgan fingerprint density at radius 3 is 1.82 bits per heavy atom. The van der Waals surface area contributed by atoms with Crippen LogP contribution in [0.3, 0.4) is 0 Å². The summed E-state index contributed by atoms with van der Waals surface area (Å²) in [6, 6.07) is 46.4. The SMILES string of the molecule is C[B]c1cccc2c3ccccc3n(-c3ccc(-c4cc(-c5ccccc5)nc(-c5ccccc5)n4)cc3)c12. The Labute approximate surface area is 228 Å². The van der Waals surface area contributed by atoms with Gasteiger partial charge in [0.25, 0.3) is 0 Å². The van der Waals surface area contributed by atoms with Gasteiger partial charge in [0.2, 0.25) is 0 Å². The van der Waals surface area contributed by atoms with Crippen LogP contribution in [-0.4, -0.2) is 21.8 Å². The van der Waals surface area contributed by atoms with Gasteiger partial charge >= 0.3 is 0 Å². The summed E-state index contributed by atoms with van der Waals surface area (Å²) in [5.41, 5.74) is 9.73. The average molecular weight is 498 g/mol. The topological polar surface area (TPSA) is 30.7 Å². The standard InChI is InChI=1S/C35H25BN3/c1-36-30-17-10-16-29-28-15-8-9-18-33(28)39(34(29)30)27-21-19-25(20-22-27)32-23-31(24-11-4-2-5-12-24)37-35(38-32)26-13-6-3-7-14-26/h2-23H,1H3. The first-order valence-corrected chi connectivity index (χ1v) is 13.2. The normalized spacial score (nSPS) is 11.2. The molecular weight excluding hydrogens is 473 g/mol. The highest BCUT2D eigenvalue weighted by Crippen LogP contribution is 2.32. The molecule has 0 spiro atoms. The van der Waals surface area contributed by atoms with E-state index in [-0.39, 0.29) is 0 Å². The number of rotatable bonds is 5. The van der Waals surface area contributed by atoms with E-state index >= 15 is 0 Å². The molecule has 3 nitrogen and oxygen atoms in total. The molecule has 1 radical (unpaired) electrons. The molecular formula is C35H25BN3. The molecule has 0 aliphatic carbocycles. The van der Waals surface area contributed by atoms with Crippen LogP contribution in [0.25, 0.3) is 61.4 Å². The number of hydrogen-bond acceptors (Lipinski definition) is 2. The number of hydrogen-bond donors (Lipinski definition) is 0. The van der Waals surface area contributed by atoms with Crippen molar-refractivity contribution in [2.75, 3.05) is 0 Å². The number of nitrogens with zero attached hydrogens (tertiary/aromatic N) is 3. The fraction of sp³-hybridized carbons (Fsp3) is 0.0286. The Kier molecular flexibility index (Phi) is 5.79. The molecule has 0 bridgehead atoms. The van der Waals surface area contributed by atoms with Crippen LogP contribution in [0, 0.1) is 0 Å². The molecule has 0 amide bonds. The molecule has 0 unspecified atom stereocenters. The first-order chi connectivity index (χ1) is 19.3. The summed E-state index contributed by atoms with van der Waals surface area (Å²) < 4.78 is 2.37. The molecule has 0 aliphatic heterocycles. The lowest BCUT2D eigenvalue weighted by atomic mass is 9.72. The van der Waals surface area contributed by atoms with Crippen molar-refractivity contribution in [3.8, 4) is 39.6 Å². The molecule has 0 aliphatic rings. The summed E-state index contributed by atoms with van der Waals surface area (Å²) in [5, 5.41) is 2.53. The highest BCUT2D eigenvalue weighted by molar-refractivity contribution is 6.56. The quantitative estimate of drug-likeness (QED) is 0.226. The van der Waals surface area contributed by atoms with Crippen molar-refractivity contribution in [2.45, 2.75) is 6.82 Å². The van der Waals surface area contributed by atoms with Gasteiger partial charge in [-0.3, -0.25) is 0 Å². The van der Waals surface area contributed by atoms with E-state index in [2.05, 4.69) is 116 Å². The van der Waals surface area contributed by atoms with Crippen molar-refractivity contribution >= 4 is 34.5 Å². The lowest BCUT2D eigenvalue weighted by Crippen LogP contribution is -2.14. The Morgan fingerprint density at radius 2 is 1.13 bits per heavy atom. The molecule has 39 heavy (non-hydrogen) atoms. The van der Waals surface area contributed by atoms with Gasteiger partial charge in [0.15, 0.2) is 13.1 Å². The van der Waals surface area contributed by atoms with Crippen LogP contribution < -0.4 is 5.46 Å². The smallest absolute Gasteiger partial charge is 0.160 e. The van der Waals surface area contributed by atoms with Gasteiger partial charge in [-0.2, -0.15) is 0 Å². The lowest BCUT2D eigenvalue weighted by Gasteiger charge is -2.12. The first-order valence-electron chi connectivity index (χ1n) is 13.2. The van der Waals surface area contributed by atoms with Crippen molar-refractivity contribution < 1.29 is 0 Å². The van der Waals surface area contributed by atoms with Crippen LogP contribution in [0.15, 0.2) is 133 Å². The Hall–Kier alpha value is -4.96. The summed E-state index contributed by atoms with van der Waals surface area (Å²) in [5.74, 6) is 0.724. The summed E-state index contributed by atoms with van der Waals surface area (Å²) in [6.07, 6.45) is 0. The minimum atomic E-state index is 0.724. The molecule has 2 heterocycles. The van der Waals surface area contributed by atoms with E-state index in [1.807, 2.05) is 36.4 Å². The predicted molar refractivity (Wildman–Crippen MR) is 164 cm³/mol. The minimum Gasteiger partial charge on any atom is -0.310 e. The van der Waals surface area contributed by atoms with E-state index in [0.29, 0.717) is 0 Å². The van der Waals surface area contributed by atoms with E-state index < -0.39 is 0 Å². The molecule has 5 aromatic carbocycles. The van der Waals surface area contributed by atoms with Crippen molar-refractivity contribution in [1.29, 1.82) is 0 Å². The molecule has 0 saturated carbocycles. The fourth-order valence-corrected chi connectivity index (χ4v) is 5.40. The number of para-hydroxylation sites is 2. The van der Waals surface area contributed by atoms with Gasteiger partial charge in [0, 0.05) is 38.7 Å². The summed E-state index contributed by atoms with van der Waals surface area (Å²) >= 11 is 0. The zero-order chi connectivity index (χ0) is 26.2. The van der Waals surface area contributed by atoms with Gasteiger partial charge in [-0.05, 0) is 24.3 Å². The van der Waals surface area contributed by atoms with Crippen molar-refractivity contribution in [3.05, 3.63) is 133 Å². The van der Waals surface area contributed by atoms with Crippen LogP contribution in [0.1, 0.15) is 0 Å². The predicted octanol–water partition coefficient (Wildman–Crippen LogP) is 7.95. The maximum absolute atomic E-state index is 5.00. The number of aromatic nitrogens is 3. The number of benzene rings is 5. The molecule has 2 aromatic heterocycles. The van der Waals surface area contributed by atoms with Gasteiger partial charge < -0.3 is 4.57 Å². The van der Waals surface area contributed by atoms with E-state index in [0.717, 1.165) is 39.6 Å². The molecule has 0 atom stereocenters. The Morgan fingerprint density at radius 1 is 0.538 bits per heavy atom. The molecule has 7 rings (SSSR count). The second-order valence-electron chi connectivity index (χ2n) is 9.63. The van der Waals surface area contributed by atoms with Crippen LogP contribution in [0.5, 0.6) is 0 Å². The van der Waals surface area contributed by atoms with Crippen LogP contribution in [-0.2, 0) is 0 Å². The van der Waals surface area contributed by atoms with Gasteiger partial charge in [0.1, 0.15) is 0 Å². The largest absolute Gasteiger partial charge is 0.310 e. The Balaban J connectivity index is 1.38.